The normalized spacial score (nSPS) is 10.6. The number of rotatable bonds is 5. The van der Waals surface area contributed by atoms with E-state index in [2.05, 4.69) is 12.0 Å². The molecule has 0 fully saturated rings. The molecule has 4 heteroatoms. The Morgan fingerprint density at radius 2 is 2.22 bits per heavy atom. The highest BCUT2D eigenvalue weighted by Gasteiger charge is 2.06. The van der Waals surface area contributed by atoms with Crippen LogP contribution in [0.3, 0.4) is 0 Å². The second kappa shape index (κ2) is 5.69. The Bertz CT molecular complexity index is 520. The smallest absolute Gasteiger partial charge is 0.127 e. The summed E-state index contributed by atoms with van der Waals surface area (Å²) >= 11 is 0. The Kier molecular flexibility index (Phi) is 3.99. The average molecular weight is 245 g/mol. The van der Waals surface area contributed by atoms with E-state index in [1.165, 1.54) is 0 Å². The minimum absolute atomic E-state index is 0.491. The van der Waals surface area contributed by atoms with Crippen LogP contribution in [0.4, 0.5) is 0 Å². The molecule has 1 aromatic carbocycles. The minimum Gasteiger partial charge on any atom is -0.488 e. The van der Waals surface area contributed by atoms with Crippen LogP contribution in [-0.4, -0.2) is 9.78 Å². The van der Waals surface area contributed by atoms with Crippen LogP contribution >= 0.6 is 0 Å². The zero-order valence-electron chi connectivity index (χ0n) is 10.9. The summed E-state index contributed by atoms with van der Waals surface area (Å²) in [6.07, 6.45) is 3.84. The number of hydrogen-bond acceptors (Lipinski definition) is 3. The van der Waals surface area contributed by atoms with Gasteiger partial charge in [0.2, 0.25) is 0 Å². The van der Waals surface area contributed by atoms with Gasteiger partial charge < -0.3 is 10.5 Å². The number of para-hydroxylation sites is 1. The van der Waals surface area contributed by atoms with Gasteiger partial charge in [0.25, 0.3) is 0 Å². The van der Waals surface area contributed by atoms with Gasteiger partial charge in [0.15, 0.2) is 0 Å². The largest absolute Gasteiger partial charge is 0.488 e. The lowest BCUT2D eigenvalue weighted by molar-refractivity contribution is 0.300. The third-order valence-electron chi connectivity index (χ3n) is 2.91. The van der Waals surface area contributed by atoms with Crippen LogP contribution in [-0.2, 0) is 19.7 Å². The van der Waals surface area contributed by atoms with E-state index in [1.54, 1.807) is 0 Å². The lowest BCUT2D eigenvalue weighted by Crippen LogP contribution is -2.04. The van der Waals surface area contributed by atoms with Crippen molar-refractivity contribution in [2.24, 2.45) is 5.73 Å². The van der Waals surface area contributed by atoms with Crippen molar-refractivity contribution >= 4 is 0 Å². The van der Waals surface area contributed by atoms with Crippen molar-refractivity contribution < 1.29 is 4.74 Å². The molecule has 1 aromatic heterocycles. The maximum Gasteiger partial charge on any atom is 0.127 e. The minimum atomic E-state index is 0.491. The van der Waals surface area contributed by atoms with E-state index in [9.17, 15) is 0 Å². The van der Waals surface area contributed by atoms with E-state index in [1.807, 2.05) is 42.2 Å². The number of nitrogens with zero attached hydrogens (tertiary/aromatic N) is 2. The molecule has 1 heterocycles. The maximum atomic E-state index is 5.87. The summed E-state index contributed by atoms with van der Waals surface area (Å²) in [7, 11) is 0. The van der Waals surface area contributed by atoms with Crippen molar-refractivity contribution in [3.8, 4) is 5.75 Å². The molecular weight excluding hydrogens is 226 g/mol. The van der Waals surface area contributed by atoms with Gasteiger partial charge in [-0.15, -0.1) is 0 Å². The Labute approximate surface area is 107 Å². The predicted octanol–water partition coefficient (Wildman–Crippen LogP) is 2.25. The molecule has 4 nitrogen and oxygen atoms in total. The van der Waals surface area contributed by atoms with E-state index in [4.69, 9.17) is 10.5 Å². The Morgan fingerprint density at radius 1 is 1.39 bits per heavy atom. The summed E-state index contributed by atoms with van der Waals surface area (Å²) in [4.78, 5) is 0. The van der Waals surface area contributed by atoms with Gasteiger partial charge in [-0.1, -0.05) is 18.2 Å². The van der Waals surface area contributed by atoms with Crippen LogP contribution in [0, 0.1) is 6.92 Å². The van der Waals surface area contributed by atoms with E-state index < -0.39 is 0 Å². The molecule has 0 aliphatic rings. The molecule has 2 rings (SSSR count). The van der Waals surface area contributed by atoms with Crippen molar-refractivity contribution in [2.75, 3.05) is 0 Å². The summed E-state index contributed by atoms with van der Waals surface area (Å²) in [5.41, 5.74) is 8.94. The Morgan fingerprint density at radius 3 is 2.89 bits per heavy atom. The molecule has 0 spiro atoms. The fourth-order valence-corrected chi connectivity index (χ4v) is 1.89. The molecule has 0 bridgehead atoms. The van der Waals surface area contributed by atoms with E-state index in [0.717, 1.165) is 29.0 Å². The molecule has 0 unspecified atom stereocenters. The standard InChI is InChI=1S/C14H19N3O/c1-3-17-9-12(8-16-17)10-18-14-11(2)5-4-6-13(14)7-15/h4-6,8-9H,3,7,10,15H2,1-2H3. The molecular formula is C14H19N3O. The van der Waals surface area contributed by atoms with E-state index >= 15 is 0 Å². The predicted molar refractivity (Wildman–Crippen MR) is 71.3 cm³/mol. The van der Waals surface area contributed by atoms with Gasteiger partial charge in [-0.3, -0.25) is 4.68 Å². The van der Waals surface area contributed by atoms with Crippen LogP contribution < -0.4 is 10.5 Å². The number of nitrogens with two attached hydrogens (primary N) is 1. The first kappa shape index (κ1) is 12.6. The number of aryl methyl sites for hydroxylation is 2. The van der Waals surface area contributed by atoms with Crippen LogP contribution in [0.15, 0.2) is 30.6 Å². The topological polar surface area (TPSA) is 53.1 Å². The lowest BCUT2D eigenvalue weighted by Gasteiger charge is -2.12. The van der Waals surface area contributed by atoms with Gasteiger partial charge in [0, 0.05) is 30.4 Å². The second-order valence-electron chi connectivity index (χ2n) is 4.26. The number of aromatic nitrogens is 2. The molecule has 0 amide bonds. The van der Waals surface area contributed by atoms with Crippen molar-refractivity contribution in [1.29, 1.82) is 0 Å². The second-order valence-corrected chi connectivity index (χ2v) is 4.26. The third kappa shape index (κ3) is 2.71. The van der Waals surface area contributed by atoms with Crippen LogP contribution in [0.5, 0.6) is 5.75 Å². The summed E-state index contributed by atoms with van der Waals surface area (Å²) in [6, 6.07) is 6.03. The first-order valence-corrected chi connectivity index (χ1v) is 6.17. The monoisotopic (exact) mass is 245 g/mol. The Balaban J connectivity index is 2.10. The molecule has 96 valence electrons. The highest BCUT2D eigenvalue weighted by atomic mass is 16.5. The molecule has 0 radical (unpaired) electrons. The van der Waals surface area contributed by atoms with E-state index in [0.29, 0.717) is 13.2 Å². The van der Waals surface area contributed by atoms with Crippen LogP contribution in [0.1, 0.15) is 23.6 Å². The van der Waals surface area contributed by atoms with Crippen molar-refractivity contribution in [3.05, 3.63) is 47.3 Å². The number of hydrogen-bond donors (Lipinski definition) is 1. The molecule has 0 aliphatic carbocycles. The average Bonchev–Trinajstić information content (AvgIpc) is 2.85. The molecule has 0 saturated heterocycles. The fourth-order valence-electron chi connectivity index (χ4n) is 1.89. The molecule has 2 N–H and O–H groups in total. The van der Waals surface area contributed by atoms with Gasteiger partial charge in [-0.2, -0.15) is 5.10 Å². The maximum absolute atomic E-state index is 5.87. The fraction of sp³-hybridized carbons (Fsp3) is 0.357. The third-order valence-corrected chi connectivity index (χ3v) is 2.91. The van der Waals surface area contributed by atoms with Crippen molar-refractivity contribution in [3.63, 3.8) is 0 Å². The molecule has 0 aliphatic heterocycles. The first-order chi connectivity index (χ1) is 8.74. The molecule has 18 heavy (non-hydrogen) atoms. The van der Waals surface area contributed by atoms with Crippen LogP contribution in [0.2, 0.25) is 0 Å². The molecule has 2 aromatic rings. The highest BCUT2D eigenvalue weighted by Crippen LogP contribution is 2.23. The lowest BCUT2D eigenvalue weighted by atomic mass is 10.1. The van der Waals surface area contributed by atoms with E-state index in [-0.39, 0.29) is 0 Å². The van der Waals surface area contributed by atoms with Gasteiger partial charge in [0.05, 0.1) is 6.20 Å². The number of ether oxygens (including phenoxy) is 1. The SMILES string of the molecule is CCn1cc(COc2c(C)cccc2CN)cn1. The van der Waals surface area contributed by atoms with Crippen molar-refractivity contribution in [2.45, 2.75) is 33.5 Å². The Hall–Kier alpha value is -1.81. The summed E-state index contributed by atoms with van der Waals surface area (Å²) < 4.78 is 7.76. The summed E-state index contributed by atoms with van der Waals surface area (Å²) in [6.45, 7) is 5.98. The van der Waals surface area contributed by atoms with Crippen molar-refractivity contribution in [1.82, 2.24) is 9.78 Å². The molecule has 0 saturated carbocycles. The summed E-state index contributed by atoms with van der Waals surface area (Å²) in [5, 5.41) is 4.22. The highest BCUT2D eigenvalue weighted by molar-refractivity contribution is 5.40. The quantitative estimate of drug-likeness (QED) is 0.879. The number of benzene rings is 1. The zero-order valence-corrected chi connectivity index (χ0v) is 10.9. The first-order valence-electron chi connectivity index (χ1n) is 6.17. The van der Waals surface area contributed by atoms with Gasteiger partial charge >= 0.3 is 0 Å². The summed E-state index contributed by atoms with van der Waals surface area (Å²) in [5.74, 6) is 0.893. The van der Waals surface area contributed by atoms with Gasteiger partial charge in [0.1, 0.15) is 12.4 Å². The van der Waals surface area contributed by atoms with Crippen LogP contribution in [0.25, 0.3) is 0 Å². The zero-order chi connectivity index (χ0) is 13.0. The molecule has 0 atom stereocenters. The van der Waals surface area contributed by atoms with Gasteiger partial charge in [-0.05, 0) is 19.4 Å². The van der Waals surface area contributed by atoms with Gasteiger partial charge in [-0.25, -0.2) is 0 Å².